The van der Waals surface area contributed by atoms with Gasteiger partial charge in [0.05, 0.1) is 20.8 Å². The van der Waals surface area contributed by atoms with E-state index in [0.717, 1.165) is 5.56 Å². The van der Waals surface area contributed by atoms with Gasteiger partial charge in [-0.05, 0) is 35.9 Å². The van der Waals surface area contributed by atoms with Crippen LogP contribution in [0.1, 0.15) is 16.1 Å². The number of aromatic nitrogens is 2. The van der Waals surface area contributed by atoms with Gasteiger partial charge in [0.2, 0.25) is 0 Å². The molecule has 8 heteroatoms. The number of para-hydroxylation sites is 1. The number of nitrogens with one attached hydrogen (secondary N) is 1. The van der Waals surface area contributed by atoms with Gasteiger partial charge in [-0.15, -0.1) is 0 Å². The number of carbonyl (C=O) groups excluding carboxylic acids is 1. The molecule has 0 spiro atoms. The molecule has 3 aromatic rings. The average molecular weight is 409 g/mol. The summed E-state index contributed by atoms with van der Waals surface area (Å²) in [6.07, 6.45) is 0. The van der Waals surface area contributed by atoms with Crippen LogP contribution in [0.25, 0.3) is 0 Å². The predicted octanol–water partition coefficient (Wildman–Crippen LogP) is 2.27. The smallest absolute Gasteiger partial charge is 0.271 e. The maximum Gasteiger partial charge on any atom is 0.271 e. The zero-order chi connectivity index (χ0) is 21.3. The van der Waals surface area contributed by atoms with Crippen molar-refractivity contribution in [2.24, 2.45) is 0 Å². The van der Waals surface area contributed by atoms with E-state index < -0.39 is 5.91 Å². The Kier molecular flexibility index (Phi) is 7.05. The second kappa shape index (κ2) is 10.1. The number of hydrogen-bond acceptors (Lipinski definition) is 6. The molecule has 0 bridgehead atoms. The zero-order valence-corrected chi connectivity index (χ0v) is 16.8. The van der Waals surface area contributed by atoms with Gasteiger partial charge >= 0.3 is 0 Å². The van der Waals surface area contributed by atoms with Gasteiger partial charge in [-0.2, -0.15) is 5.10 Å². The van der Waals surface area contributed by atoms with Gasteiger partial charge in [0.25, 0.3) is 11.5 Å². The van der Waals surface area contributed by atoms with Gasteiger partial charge in [0.15, 0.2) is 0 Å². The quantitative estimate of drug-likeness (QED) is 0.583. The highest BCUT2D eigenvalue weighted by Crippen LogP contribution is 2.22. The monoisotopic (exact) mass is 409 g/mol. The van der Waals surface area contributed by atoms with E-state index in [1.54, 1.807) is 32.4 Å². The Morgan fingerprint density at radius 1 is 0.967 bits per heavy atom. The molecule has 1 amide bonds. The number of rotatable bonds is 9. The van der Waals surface area contributed by atoms with Crippen LogP contribution in [0.3, 0.4) is 0 Å². The molecule has 0 aliphatic heterocycles. The highest BCUT2D eigenvalue weighted by Gasteiger charge is 2.11. The van der Waals surface area contributed by atoms with E-state index in [-0.39, 0.29) is 30.9 Å². The van der Waals surface area contributed by atoms with Crippen molar-refractivity contribution in [3.63, 3.8) is 0 Å². The Bertz CT molecular complexity index is 1030. The molecule has 0 radical (unpaired) electrons. The number of amides is 1. The summed E-state index contributed by atoms with van der Waals surface area (Å²) in [4.78, 5) is 24.5. The Morgan fingerprint density at radius 2 is 1.67 bits per heavy atom. The van der Waals surface area contributed by atoms with Gasteiger partial charge in [0.1, 0.15) is 29.5 Å². The highest BCUT2D eigenvalue weighted by molar-refractivity contribution is 5.91. The minimum Gasteiger partial charge on any atom is -0.497 e. The first-order valence-corrected chi connectivity index (χ1v) is 9.35. The fraction of sp³-hybridized carbons (Fsp3) is 0.227. The van der Waals surface area contributed by atoms with Crippen LogP contribution in [0, 0.1) is 0 Å². The van der Waals surface area contributed by atoms with Gasteiger partial charge < -0.3 is 19.5 Å². The number of benzene rings is 2. The van der Waals surface area contributed by atoms with E-state index in [1.165, 1.54) is 16.8 Å². The van der Waals surface area contributed by atoms with Gasteiger partial charge in [0, 0.05) is 18.7 Å². The molecule has 0 unspecified atom stereocenters. The van der Waals surface area contributed by atoms with Crippen molar-refractivity contribution in [2.75, 3.05) is 20.8 Å². The van der Waals surface area contributed by atoms with Gasteiger partial charge in [-0.1, -0.05) is 18.2 Å². The lowest BCUT2D eigenvalue weighted by molar-refractivity contribution is 0.0942. The number of hydrogen-bond donors (Lipinski definition) is 1. The van der Waals surface area contributed by atoms with Crippen LogP contribution in [0.15, 0.2) is 65.5 Å². The fourth-order valence-electron chi connectivity index (χ4n) is 2.74. The van der Waals surface area contributed by atoms with Gasteiger partial charge in [-0.25, -0.2) is 4.68 Å². The average Bonchev–Trinajstić information content (AvgIpc) is 2.79. The fourth-order valence-corrected chi connectivity index (χ4v) is 2.74. The summed E-state index contributed by atoms with van der Waals surface area (Å²) in [5, 5.41) is 6.93. The van der Waals surface area contributed by atoms with Crippen molar-refractivity contribution in [3.05, 3.63) is 82.3 Å². The van der Waals surface area contributed by atoms with Crippen LogP contribution in [-0.2, 0) is 13.1 Å². The molecule has 0 aliphatic rings. The van der Waals surface area contributed by atoms with E-state index in [9.17, 15) is 9.59 Å². The van der Waals surface area contributed by atoms with Crippen LogP contribution in [0.5, 0.6) is 17.2 Å². The molecule has 30 heavy (non-hydrogen) atoms. The lowest BCUT2D eigenvalue weighted by atomic mass is 10.2. The van der Waals surface area contributed by atoms with Crippen LogP contribution in [-0.4, -0.2) is 36.5 Å². The first-order chi connectivity index (χ1) is 14.6. The van der Waals surface area contributed by atoms with Crippen molar-refractivity contribution >= 4 is 5.91 Å². The van der Waals surface area contributed by atoms with Crippen molar-refractivity contribution in [1.29, 1.82) is 0 Å². The third-order valence-electron chi connectivity index (χ3n) is 4.28. The molecule has 1 heterocycles. The highest BCUT2D eigenvalue weighted by atomic mass is 16.5. The third-order valence-corrected chi connectivity index (χ3v) is 4.28. The zero-order valence-electron chi connectivity index (χ0n) is 16.8. The molecule has 1 N–H and O–H groups in total. The minimum absolute atomic E-state index is 0.143. The Balaban J connectivity index is 1.62. The molecular formula is C22H23N3O5. The van der Waals surface area contributed by atoms with E-state index >= 15 is 0 Å². The maximum absolute atomic E-state index is 12.5. The first kappa shape index (κ1) is 20.9. The molecule has 3 rings (SSSR count). The van der Waals surface area contributed by atoms with Crippen molar-refractivity contribution in [3.8, 4) is 17.2 Å². The lowest BCUT2D eigenvalue weighted by Gasteiger charge is -2.11. The molecule has 0 saturated heterocycles. The normalized spacial score (nSPS) is 10.3. The molecule has 156 valence electrons. The Morgan fingerprint density at radius 3 is 2.33 bits per heavy atom. The van der Waals surface area contributed by atoms with Crippen molar-refractivity contribution < 1.29 is 19.0 Å². The number of methoxy groups -OCH3 is 2. The van der Waals surface area contributed by atoms with E-state index in [0.29, 0.717) is 17.2 Å². The number of nitrogens with zero attached hydrogens (tertiary/aromatic N) is 2. The van der Waals surface area contributed by atoms with E-state index in [1.807, 2.05) is 30.3 Å². The van der Waals surface area contributed by atoms with E-state index in [4.69, 9.17) is 14.2 Å². The molecule has 2 aromatic carbocycles. The SMILES string of the molecule is COc1cc(CNC(=O)c2ccc(=O)n(CCOc3ccccc3)n2)cc(OC)c1. The lowest BCUT2D eigenvalue weighted by Crippen LogP contribution is -2.30. The first-order valence-electron chi connectivity index (χ1n) is 9.35. The summed E-state index contributed by atoms with van der Waals surface area (Å²) in [5.74, 6) is 1.56. The second-order valence-corrected chi connectivity index (χ2v) is 6.35. The van der Waals surface area contributed by atoms with Crippen LogP contribution in [0.4, 0.5) is 0 Å². The van der Waals surface area contributed by atoms with Crippen LogP contribution < -0.4 is 25.1 Å². The van der Waals surface area contributed by atoms with Gasteiger partial charge in [-0.3, -0.25) is 9.59 Å². The predicted molar refractivity (Wildman–Crippen MR) is 111 cm³/mol. The molecule has 8 nitrogen and oxygen atoms in total. The van der Waals surface area contributed by atoms with E-state index in [2.05, 4.69) is 10.4 Å². The Hall–Kier alpha value is -3.81. The molecule has 1 aromatic heterocycles. The maximum atomic E-state index is 12.5. The topological polar surface area (TPSA) is 91.7 Å². The third kappa shape index (κ3) is 5.60. The summed E-state index contributed by atoms with van der Waals surface area (Å²) in [6.45, 7) is 0.734. The minimum atomic E-state index is -0.394. The standard InChI is InChI=1S/C22H23N3O5/c1-28-18-12-16(13-19(14-18)29-2)15-23-22(27)20-8-9-21(26)25(24-20)10-11-30-17-6-4-3-5-7-17/h3-9,12-14H,10-11,15H2,1-2H3,(H,23,27). The molecule has 0 aliphatic carbocycles. The molecule has 0 atom stereocenters. The van der Waals surface area contributed by atoms with Crippen LogP contribution >= 0.6 is 0 Å². The summed E-state index contributed by atoms with van der Waals surface area (Å²) < 4.78 is 17.3. The summed E-state index contributed by atoms with van der Waals surface area (Å²) >= 11 is 0. The second-order valence-electron chi connectivity index (χ2n) is 6.35. The summed E-state index contributed by atoms with van der Waals surface area (Å²) in [5.41, 5.74) is 0.647. The van der Waals surface area contributed by atoms with Crippen molar-refractivity contribution in [2.45, 2.75) is 13.1 Å². The Labute approximate surface area is 174 Å². The summed E-state index contributed by atoms with van der Waals surface area (Å²) in [7, 11) is 3.12. The largest absolute Gasteiger partial charge is 0.497 e. The number of carbonyl (C=O) groups is 1. The van der Waals surface area contributed by atoms with Crippen LogP contribution in [0.2, 0.25) is 0 Å². The number of ether oxygens (including phenoxy) is 3. The molecule has 0 saturated carbocycles. The molecular weight excluding hydrogens is 386 g/mol. The molecule has 0 fully saturated rings. The summed E-state index contributed by atoms with van der Waals surface area (Å²) in [6, 6.07) is 17.4. The van der Waals surface area contributed by atoms with Crippen molar-refractivity contribution in [1.82, 2.24) is 15.1 Å².